The lowest BCUT2D eigenvalue weighted by molar-refractivity contribution is -0.124. The number of nitriles is 1. The van der Waals surface area contributed by atoms with Gasteiger partial charge in [0.25, 0.3) is 0 Å². The summed E-state index contributed by atoms with van der Waals surface area (Å²) in [6, 6.07) is 13.1. The van der Waals surface area contributed by atoms with Gasteiger partial charge in [0.2, 0.25) is 5.91 Å². The molecule has 1 aliphatic carbocycles. The van der Waals surface area contributed by atoms with Crippen LogP contribution in [-0.4, -0.2) is 23.7 Å². The van der Waals surface area contributed by atoms with Crippen LogP contribution in [0.4, 0.5) is 11.4 Å². The number of pyridine rings is 1. The molecule has 0 fully saturated rings. The van der Waals surface area contributed by atoms with Crippen molar-refractivity contribution in [3.8, 4) is 6.07 Å². The minimum atomic E-state index is -1.54. The van der Waals surface area contributed by atoms with Gasteiger partial charge < -0.3 is 10.6 Å². The van der Waals surface area contributed by atoms with E-state index in [-0.39, 0.29) is 34.9 Å². The number of hydrogen-bond donors (Lipinski definition) is 1. The molecule has 1 atom stereocenters. The van der Waals surface area contributed by atoms with Gasteiger partial charge in [-0.25, -0.2) is 0 Å². The fourth-order valence-corrected chi connectivity index (χ4v) is 5.44. The Balaban J connectivity index is 1.93. The molecule has 3 heterocycles. The van der Waals surface area contributed by atoms with E-state index in [1.54, 1.807) is 30.4 Å². The fraction of sp³-hybridized carbons (Fsp3) is 0.280. The van der Waals surface area contributed by atoms with Gasteiger partial charge in [-0.3, -0.25) is 19.5 Å². The first-order chi connectivity index (χ1) is 15.2. The molecule has 0 radical (unpaired) electrons. The Morgan fingerprint density at radius 2 is 1.88 bits per heavy atom. The zero-order chi connectivity index (χ0) is 22.8. The maximum atomic E-state index is 13.9. The topological polar surface area (TPSA) is 103 Å². The van der Waals surface area contributed by atoms with E-state index >= 15 is 0 Å². The monoisotopic (exact) mass is 425 g/mol. The highest BCUT2D eigenvalue weighted by atomic mass is 16.2. The Morgan fingerprint density at radius 3 is 2.56 bits per heavy atom. The van der Waals surface area contributed by atoms with Crippen LogP contribution < -0.4 is 15.5 Å². The number of carbonyl (C=O) groups is 2. The van der Waals surface area contributed by atoms with Crippen molar-refractivity contribution in [2.75, 3.05) is 16.8 Å². The summed E-state index contributed by atoms with van der Waals surface area (Å²) in [5, 5.41) is 10.3. The van der Waals surface area contributed by atoms with Crippen molar-refractivity contribution in [1.29, 1.82) is 5.26 Å². The van der Waals surface area contributed by atoms with E-state index in [9.17, 15) is 14.9 Å². The predicted molar refractivity (Wildman–Crippen MR) is 120 cm³/mol. The molecule has 5 rings (SSSR count). The molecule has 0 unspecified atom stereocenters. The number of fused-ring (bicyclic) bond motifs is 3. The second-order valence-electron chi connectivity index (χ2n) is 9.31. The normalized spacial score (nSPS) is 24.1. The van der Waals surface area contributed by atoms with Crippen LogP contribution in [0.3, 0.4) is 0 Å². The number of nitrogens with zero attached hydrogens (tertiary/aromatic N) is 4. The maximum Gasteiger partial charge on any atom is 0.247 e. The molecule has 0 saturated heterocycles. The molecule has 160 valence electrons. The molecule has 2 N–H and O–H groups in total. The molecule has 1 amide bonds. The predicted octanol–water partition coefficient (Wildman–Crippen LogP) is 3.15. The van der Waals surface area contributed by atoms with E-state index in [0.29, 0.717) is 34.6 Å². The third kappa shape index (κ3) is 2.38. The second-order valence-corrected chi connectivity index (χ2v) is 9.31. The number of anilines is 2. The fourth-order valence-electron chi connectivity index (χ4n) is 5.44. The van der Waals surface area contributed by atoms with Gasteiger partial charge in [-0.1, -0.05) is 32.0 Å². The maximum absolute atomic E-state index is 13.9. The Morgan fingerprint density at radius 1 is 1.12 bits per heavy atom. The molecule has 1 aromatic carbocycles. The van der Waals surface area contributed by atoms with Crippen LogP contribution in [0.2, 0.25) is 0 Å². The number of amides is 1. The number of Topliss-reactive ketones (excluding diaryl/α,β-unsaturated/α-hetero) is 1. The van der Waals surface area contributed by atoms with Crippen LogP contribution in [0.25, 0.3) is 0 Å². The van der Waals surface area contributed by atoms with Crippen molar-refractivity contribution in [2.24, 2.45) is 11.1 Å². The average molecular weight is 425 g/mol. The van der Waals surface area contributed by atoms with Crippen molar-refractivity contribution in [2.45, 2.75) is 32.1 Å². The first-order valence-corrected chi connectivity index (χ1v) is 10.5. The number of ketones is 1. The minimum absolute atomic E-state index is 0.0787. The molecule has 2 aromatic rings. The SMILES string of the molecule is CN1C(=O)[C@@]2(C(C#N)=C(N)N(c3cccnc3)C3=C2C(=O)CC(C)(C)C3)c2ccccc21. The number of nitrogens with two attached hydrogens (primary N) is 1. The molecular weight excluding hydrogens is 402 g/mol. The van der Waals surface area contributed by atoms with Crippen molar-refractivity contribution < 1.29 is 9.59 Å². The Hall–Kier alpha value is -3.92. The van der Waals surface area contributed by atoms with Crippen LogP contribution >= 0.6 is 0 Å². The van der Waals surface area contributed by atoms with Gasteiger partial charge in [0.1, 0.15) is 17.3 Å². The molecule has 7 heteroatoms. The Kier molecular flexibility index (Phi) is 4.09. The van der Waals surface area contributed by atoms with Gasteiger partial charge in [-0.05, 0) is 30.0 Å². The van der Waals surface area contributed by atoms with Crippen LogP contribution in [0, 0.1) is 16.7 Å². The largest absolute Gasteiger partial charge is 0.384 e. The number of rotatable bonds is 1. The lowest BCUT2D eigenvalue weighted by Crippen LogP contribution is -2.53. The summed E-state index contributed by atoms with van der Waals surface area (Å²) in [7, 11) is 1.67. The molecular formula is C25H23N5O2. The number of likely N-dealkylation sites (N-methyl/N-ethyl adjacent to an activating group) is 1. The van der Waals surface area contributed by atoms with Crippen LogP contribution in [-0.2, 0) is 15.0 Å². The van der Waals surface area contributed by atoms with Gasteiger partial charge in [0, 0.05) is 42.2 Å². The zero-order valence-electron chi connectivity index (χ0n) is 18.2. The van der Waals surface area contributed by atoms with E-state index in [1.807, 2.05) is 44.2 Å². The van der Waals surface area contributed by atoms with E-state index in [1.165, 1.54) is 4.90 Å². The highest BCUT2D eigenvalue weighted by Crippen LogP contribution is 2.58. The van der Waals surface area contributed by atoms with E-state index in [0.717, 1.165) is 0 Å². The van der Waals surface area contributed by atoms with Gasteiger partial charge in [0.05, 0.1) is 17.5 Å². The summed E-state index contributed by atoms with van der Waals surface area (Å²) in [6.07, 6.45) is 4.11. The third-order valence-corrected chi connectivity index (χ3v) is 6.68. The van der Waals surface area contributed by atoms with Gasteiger partial charge in [-0.15, -0.1) is 0 Å². The van der Waals surface area contributed by atoms with Crippen LogP contribution in [0.5, 0.6) is 0 Å². The summed E-state index contributed by atoms with van der Waals surface area (Å²) in [5.74, 6) is -0.309. The summed E-state index contributed by atoms with van der Waals surface area (Å²) in [6.45, 7) is 4.05. The molecule has 0 bridgehead atoms. The summed E-state index contributed by atoms with van der Waals surface area (Å²) in [4.78, 5) is 35.2. The van der Waals surface area contributed by atoms with E-state index in [4.69, 9.17) is 5.73 Å². The first-order valence-electron chi connectivity index (χ1n) is 10.5. The third-order valence-electron chi connectivity index (χ3n) is 6.68. The molecule has 3 aliphatic rings. The zero-order valence-corrected chi connectivity index (χ0v) is 18.2. The average Bonchev–Trinajstić information content (AvgIpc) is 2.97. The van der Waals surface area contributed by atoms with E-state index in [2.05, 4.69) is 11.1 Å². The highest BCUT2D eigenvalue weighted by molar-refractivity contribution is 6.20. The lowest BCUT2D eigenvalue weighted by atomic mass is 9.60. The molecule has 0 saturated carbocycles. The van der Waals surface area contributed by atoms with E-state index < -0.39 is 5.41 Å². The molecule has 32 heavy (non-hydrogen) atoms. The molecule has 1 aromatic heterocycles. The number of carbonyl (C=O) groups excluding carboxylic acids is 2. The minimum Gasteiger partial charge on any atom is -0.384 e. The van der Waals surface area contributed by atoms with Gasteiger partial charge in [-0.2, -0.15) is 5.26 Å². The number of benzene rings is 1. The number of hydrogen-bond acceptors (Lipinski definition) is 6. The molecule has 2 aliphatic heterocycles. The Labute approximate surface area is 186 Å². The standard InChI is InChI=1S/C25H23N5O2/c1-24(2)11-19-21(20(31)12-24)25(16-8-4-5-9-18(16)29(3)23(25)32)17(13-26)22(27)30(19)15-7-6-10-28-14-15/h4-10,14H,11-12,27H2,1-3H3/t25-/m1/s1. The number of allylic oxidation sites excluding steroid dienone is 1. The van der Waals surface area contributed by atoms with Gasteiger partial charge in [0.15, 0.2) is 5.78 Å². The van der Waals surface area contributed by atoms with Crippen LogP contribution in [0.15, 0.2) is 71.5 Å². The quantitative estimate of drug-likeness (QED) is 0.753. The van der Waals surface area contributed by atoms with Crippen molar-refractivity contribution in [3.05, 3.63) is 77.0 Å². The van der Waals surface area contributed by atoms with Gasteiger partial charge >= 0.3 is 0 Å². The number of aromatic nitrogens is 1. The summed E-state index contributed by atoms with van der Waals surface area (Å²) >= 11 is 0. The molecule has 1 spiro atoms. The second kappa shape index (κ2) is 6.54. The lowest BCUT2D eigenvalue weighted by Gasteiger charge is -2.46. The summed E-state index contributed by atoms with van der Waals surface area (Å²) < 4.78 is 0. The Bertz CT molecular complexity index is 1280. The number of para-hydroxylation sites is 1. The first kappa shape index (κ1) is 20.0. The van der Waals surface area contributed by atoms with Crippen molar-refractivity contribution in [3.63, 3.8) is 0 Å². The van der Waals surface area contributed by atoms with Crippen molar-refractivity contribution in [1.82, 2.24) is 4.98 Å². The smallest absolute Gasteiger partial charge is 0.247 e. The summed E-state index contributed by atoms with van der Waals surface area (Å²) in [5.41, 5.74) is 7.85. The molecule has 7 nitrogen and oxygen atoms in total. The van der Waals surface area contributed by atoms with Crippen LogP contribution in [0.1, 0.15) is 32.3 Å². The highest BCUT2D eigenvalue weighted by Gasteiger charge is 2.62. The van der Waals surface area contributed by atoms with Crippen molar-refractivity contribution >= 4 is 23.1 Å².